The van der Waals surface area contributed by atoms with Crippen LogP contribution in [0.3, 0.4) is 0 Å². The highest BCUT2D eigenvalue weighted by molar-refractivity contribution is 5.83. The average Bonchev–Trinajstić information content (AvgIpc) is 2.71. The molecule has 3 rings (SSSR count). The Labute approximate surface area is 103 Å². The van der Waals surface area contributed by atoms with Gasteiger partial charge in [0.05, 0.1) is 0 Å². The Morgan fingerprint density at radius 2 is 2.12 bits per heavy atom. The van der Waals surface area contributed by atoms with Crippen LogP contribution in [0.4, 0.5) is 0 Å². The molecule has 0 spiro atoms. The largest absolute Gasteiger partial charge is 0.361 e. The maximum Gasteiger partial charge on any atom is 0.0456 e. The summed E-state index contributed by atoms with van der Waals surface area (Å²) in [5, 5.41) is 1.40. The number of benzene rings is 1. The molecule has 1 saturated heterocycles. The molecule has 0 saturated carbocycles. The molecule has 1 aromatic heterocycles. The lowest BCUT2D eigenvalue weighted by molar-refractivity contribution is 0.0988. The Kier molecular flexibility index (Phi) is 2.67. The summed E-state index contributed by atoms with van der Waals surface area (Å²) in [7, 11) is 0. The molecule has 90 valence electrons. The number of H-pyrrole nitrogens is 1. The lowest BCUT2D eigenvalue weighted by Crippen LogP contribution is -2.49. The van der Waals surface area contributed by atoms with E-state index >= 15 is 0 Å². The quantitative estimate of drug-likeness (QED) is 0.853. The summed E-state index contributed by atoms with van der Waals surface area (Å²) in [6.07, 6.45) is 3.45. The van der Waals surface area contributed by atoms with Crippen molar-refractivity contribution in [3.8, 4) is 0 Å². The Morgan fingerprint density at radius 1 is 1.35 bits per heavy atom. The molecule has 0 radical (unpaired) electrons. The number of fused-ring (bicyclic) bond motifs is 1. The second-order valence-corrected chi connectivity index (χ2v) is 5.20. The van der Waals surface area contributed by atoms with Crippen LogP contribution < -0.4 is 0 Å². The minimum Gasteiger partial charge on any atom is -0.361 e. The molecule has 0 amide bonds. The third kappa shape index (κ3) is 1.77. The Morgan fingerprint density at radius 3 is 2.88 bits per heavy atom. The second-order valence-electron chi connectivity index (χ2n) is 5.20. The third-order valence-electron chi connectivity index (χ3n) is 4.19. The van der Waals surface area contributed by atoms with Crippen LogP contribution in [0, 0.1) is 0 Å². The van der Waals surface area contributed by atoms with E-state index in [1.165, 1.54) is 36.0 Å². The first-order valence-electron chi connectivity index (χ1n) is 6.59. The maximum atomic E-state index is 3.38. The molecule has 1 aliphatic rings. The van der Waals surface area contributed by atoms with Gasteiger partial charge in [0.2, 0.25) is 0 Å². The van der Waals surface area contributed by atoms with E-state index in [1.54, 1.807) is 0 Å². The number of para-hydroxylation sites is 1. The summed E-state index contributed by atoms with van der Waals surface area (Å²) in [5.74, 6) is 0.722. The van der Waals surface area contributed by atoms with E-state index in [-0.39, 0.29) is 0 Å². The molecule has 2 aromatic rings. The lowest BCUT2D eigenvalue weighted by atomic mass is 9.89. The fraction of sp³-hybridized carbons (Fsp3) is 0.467. The summed E-state index contributed by atoms with van der Waals surface area (Å²) < 4.78 is 0. The van der Waals surface area contributed by atoms with E-state index in [9.17, 15) is 0 Å². The first-order chi connectivity index (χ1) is 8.29. The fourth-order valence-corrected chi connectivity index (χ4v) is 2.76. The smallest absolute Gasteiger partial charge is 0.0456 e. The van der Waals surface area contributed by atoms with Gasteiger partial charge in [0, 0.05) is 42.1 Å². The molecule has 2 heterocycles. The summed E-state index contributed by atoms with van der Waals surface area (Å²) in [4.78, 5) is 5.95. The number of nitrogens with one attached hydrogen (secondary N) is 1. The topological polar surface area (TPSA) is 19.0 Å². The van der Waals surface area contributed by atoms with Crippen molar-refractivity contribution in [2.45, 2.75) is 32.2 Å². The summed E-state index contributed by atoms with van der Waals surface area (Å²) in [5.41, 5.74) is 2.77. The van der Waals surface area contributed by atoms with Crippen molar-refractivity contribution in [1.82, 2.24) is 9.88 Å². The zero-order chi connectivity index (χ0) is 11.8. The summed E-state index contributed by atoms with van der Waals surface area (Å²) in [6.45, 7) is 7.03. The van der Waals surface area contributed by atoms with Crippen LogP contribution in [-0.4, -0.2) is 29.0 Å². The molecule has 17 heavy (non-hydrogen) atoms. The fourth-order valence-electron chi connectivity index (χ4n) is 2.76. The molecule has 2 heteroatoms. The van der Waals surface area contributed by atoms with Gasteiger partial charge >= 0.3 is 0 Å². The van der Waals surface area contributed by atoms with Gasteiger partial charge in [0.15, 0.2) is 0 Å². The third-order valence-corrected chi connectivity index (χ3v) is 4.19. The number of rotatable bonds is 3. The van der Waals surface area contributed by atoms with E-state index in [2.05, 4.69) is 54.2 Å². The average molecular weight is 228 g/mol. The van der Waals surface area contributed by atoms with Crippen molar-refractivity contribution in [2.24, 2.45) is 0 Å². The van der Waals surface area contributed by atoms with Gasteiger partial charge in [-0.1, -0.05) is 25.1 Å². The molecule has 1 fully saturated rings. The van der Waals surface area contributed by atoms with E-state index in [1.807, 2.05) is 0 Å². The minimum absolute atomic E-state index is 0.722. The molecular formula is C15H20N2. The number of aromatic amines is 1. The van der Waals surface area contributed by atoms with E-state index in [0.29, 0.717) is 0 Å². The van der Waals surface area contributed by atoms with Gasteiger partial charge < -0.3 is 4.98 Å². The number of nitrogens with zero attached hydrogens (tertiary/aromatic N) is 1. The van der Waals surface area contributed by atoms with Gasteiger partial charge in [-0.05, 0) is 25.0 Å². The van der Waals surface area contributed by atoms with Crippen LogP contribution in [-0.2, 0) is 0 Å². The van der Waals surface area contributed by atoms with Crippen LogP contribution in [0.25, 0.3) is 10.9 Å². The molecule has 1 aliphatic heterocycles. The van der Waals surface area contributed by atoms with Crippen molar-refractivity contribution in [3.63, 3.8) is 0 Å². The van der Waals surface area contributed by atoms with Gasteiger partial charge in [-0.15, -0.1) is 0 Å². The predicted octanol–water partition coefficient (Wildman–Crippen LogP) is 3.37. The van der Waals surface area contributed by atoms with Crippen molar-refractivity contribution in [2.75, 3.05) is 13.1 Å². The molecule has 0 aliphatic carbocycles. The molecule has 0 bridgehead atoms. The first kappa shape index (κ1) is 10.8. The van der Waals surface area contributed by atoms with E-state index in [4.69, 9.17) is 0 Å². The summed E-state index contributed by atoms with van der Waals surface area (Å²) in [6, 6.07) is 9.34. The lowest BCUT2D eigenvalue weighted by Gasteiger charge is -2.43. The first-order valence-corrected chi connectivity index (χ1v) is 6.59. The van der Waals surface area contributed by atoms with Crippen LogP contribution in [0.1, 0.15) is 31.7 Å². The van der Waals surface area contributed by atoms with Crippen molar-refractivity contribution in [1.29, 1.82) is 0 Å². The zero-order valence-corrected chi connectivity index (χ0v) is 10.6. The number of aromatic nitrogens is 1. The monoisotopic (exact) mass is 228 g/mol. The van der Waals surface area contributed by atoms with Crippen LogP contribution >= 0.6 is 0 Å². The number of likely N-dealkylation sites (tertiary alicyclic amines) is 1. The maximum absolute atomic E-state index is 3.38. The van der Waals surface area contributed by atoms with Crippen LogP contribution in [0.2, 0.25) is 0 Å². The Bertz CT molecular complexity index is 508. The molecule has 1 aromatic carbocycles. The van der Waals surface area contributed by atoms with Crippen molar-refractivity contribution < 1.29 is 0 Å². The van der Waals surface area contributed by atoms with Gasteiger partial charge in [0.1, 0.15) is 0 Å². The standard InChI is InChI=1S/C15H20N2/c1-3-11(2)17-9-12(10-17)14-8-16-15-7-5-4-6-13(14)15/h4-8,11-12,16H,3,9-10H2,1-2H3. The SMILES string of the molecule is CCC(C)N1CC(c2c[nH]c3ccccc23)C1. The normalized spacial score (nSPS) is 19.4. The highest BCUT2D eigenvalue weighted by atomic mass is 15.2. The highest BCUT2D eigenvalue weighted by Gasteiger charge is 2.31. The van der Waals surface area contributed by atoms with E-state index in [0.717, 1.165) is 12.0 Å². The highest BCUT2D eigenvalue weighted by Crippen LogP contribution is 2.33. The number of hydrogen-bond donors (Lipinski definition) is 1. The molecule has 1 unspecified atom stereocenters. The number of hydrogen-bond acceptors (Lipinski definition) is 1. The summed E-state index contributed by atoms with van der Waals surface area (Å²) >= 11 is 0. The molecule has 2 nitrogen and oxygen atoms in total. The van der Waals surface area contributed by atoms with Crippen molar-refractivity contribution in [3.05, 3.63) is 36.0 Å². The van der Waals surface area contributed by atoms with Gasteiger partial charge in [0.25, 0.3) is 0 Å². The Hall–Kier alpha value is -1.28. The van der Waals surface area contributed by atoms with Crippen LogP contribution in [0.5, 0.6) is 0 Å². The predicted molar refractivity (Wildman–Crippen MR) is 72.4 cm³/mol. The van der Waals surface area contributed by atoms with Crippen LogP contribution in [0.15, 0.2) is 30.5 Å². The molecule has 1 N–H and O–H groups in total. The second kappa shape index (κ2) is 4.19. The Balaban J connectivity index is 1.79. The minimum atomic E-state index is 0.722. The molecule has 1 atom stereocenters. The van der Waals surface area contributed by atoms with Crippen molar-refractivity contribution >= 4 is 10.9 Å². The van der Waals surface area contributed by atoms with Gasteiger partial charge in [-0.2, -0.15) is 0 Å². The molecular weight excluding hydrogens is 208 g/mol. The van der Waals surface area contributed by atoms with Gasteiger partial charge in [-0.3, -0.25) is 4.90 Å². The van der Waals surface area contributed by atoms with Gasteiger partial charge in [-0.25, -0.2) is 0 Å². The van der Waals surface area contributed by atoms with E-state index < -0.39 is 0 Å². The zero-order valence-electron chi connectivity index (χ0n) is 10.6.